The van der Waals surface area contributed by atoms with Gasteiger partial charge in [-0.25, -0.2) is 4.79 Å². The molecule has 0 radical (unpaired) electrons. The van der Waals surface area contributed by atoms with Crippen LogP contribution in [0, 0.1) is 0 Å². The van der Waals surface area contributed by atoms with Gasteiger partial charge in [0.2, 0.25) is 0 Å². The van der Waals surface area contributed by atoms with Gasteiger partial charge in [-0.05, 0) is 63.3 Å². The van der Waals surface area contributed by atoms with E-state index in [9.17, 15) is 18.0 Å². The molecule has 5 heteroatoms. The topological polar surface area (TPSA) is 26.3 Å². The van der Waals surface area contributed by atoms with Crippen molar-refractivity contribution in [3.8, 4) is 16.9 Å². The summed E-state index contributed by atoms with van der Waals surface area (Å²) in [4.78, 5) is 11.8. The van der Waals surface area contributed by atoms with E-state index in [-0.39, 0.29) is 16.6 Å². The van der Waals surface area contributed by atoms with Crippen LogP contribution in [-0.2, 0) is 15.6 Å². The van der Waals surface area contributed by atoms with Gasteiger partial charge in [0.1, 0.15) is 5.75 Å². The van der Waals surface area contributed by atoms with Crippen molar-refractivity contribution in [2.45, 2.75) is 57.5 Å². The maximum Gasteiger partial charge on any atom is 0.491 e. The fourth-order valence-electron chi connectivity index (χ4n) is 4.51. The molecular formula is C26H25F3O2. The third kappa shape index (κ3) is 3.82. The Morgan fingerprint density at radius 3 is 2.06 bits per heavy atom. The third-order valence-electron chi connectivity index (χ3n) is 6.47. The number of carbonyl (C=O) groups is 1. The fourth-order valence-corrected chi connectivity index (χ4v) is 4.51. The summed E-state index contributed by atoms with van der Waals surface area (Å²) >= 11 is 0. The molecule has 0 atom stereocenters. The number of rotatable bonds is 2. The first-order chi connectivity index (χ1) is 14.4. The van der Waals surface area contributed by atoms with Gasteiger partial charge in [0.15, 0.2) is 0 Å². The van der Waals surface area contributed by atoms with Gasteiger partial charge in [-0.2, -0.15) is 13.2 Å². The fraction of sp³-hybridized carbons (Fsp3) is 0.346. The minimum Gasteiger partial charge on any atom is -0.419 e. The highest BCUT2D eigenvalue weighted by Gasteiger charge is 2.43. The van der Waals surface area contributed by atoms with Crippen LogP contribution in [-0.4, -0.2) is 12.1 Å². The van der Waals surface area contributed by atoms with Crippen molar-refractivity contribution in [2.24, 2.45) is 0 Å². The lowest BCUT2D eigenvalue weighted by atomic mass is 9.62. The van der Waals surface area contributed by atoms with Gasteiger partial charge in [-0.1, -0.05) is 70.2 Å². The Bertz CT molecular complexity index is 1170. The zero-order valence-electron chi connectivity index (χ0n) is 18.1. The van der Waals surface area contributed by atoms with E-state index in [0.717, 1.165) is 40.3 Å². The van der Waals surface area contributed by atoms with Gasteiger partial charge in [0.25, 0.3) is 0 Å². The zero-order valence-corrected chi connectivity index (χ0v) is 18.1. The highest BCUT2D eigenvalue weighted by Crippen LogP contribution is 2.50. The van der Waals surface area contributed by atoms with Crippen LogP contribution in [0.4, 0.5) is 13.2 Å². The van der Waals surface area contributed by atoms with Crippen LogP contribution in [0.15, 0.2) is 54.6 Å². The number of hydrogen-bond acceptors (Lipinski definition) is 2. The summed E-state index contributed by atoms with van der Waals surface area (Å²) in [6, 6.07) is 16.9. The number of ether oxygens (including phenoxy) is 1. The van der Waals surface area contributed by atoms with Crippen LogP contribution in [0.1, 0.15) is 51.7 Å². The Morgan fingerprint density at radius 1 is 0.839 bits per heavy atom. The van der Waals surface area contributed by atoms with E-state index >= 15 is 0 Å². The Hall–Kier alpha value is -2.82. The molecule has 2 nitrogen and oxygen atoms in total. The minimum absolute atomic E-state index is 0.0526. The highest BCUT2D eigenvalue weighted by atomic mass is 19.4. The number of benzene rings is 3. The average Bonchev–Trinajstić information content (AvgIpc) is 2.70. The van der Waals surface area contributed by atoms with E-state index < -0.39 is 12.1 Å². The lowest BCUT2D eigenvalue weighted by Crippen LogP contribution is -2.34. The maximum absolute atomic E-state index is 13.1. The van der Waals surface area contributed by atoms with Crippen LogP contribution < -0.4 is 4.74 Å². The molecule has 0 aromatic heterocycles. The van der Waals surface area contributed by atoms with Crippen molar-refractivity contribution in [1.29, 1.82) is 0 Å². The SMILES string of the molecule is CC1(C)CCC(C)(C)c2cc(-c3cccc4ccccc34)c(OC(=O)C(F)(F)F)cc21. The predicted octanol–water partition coefficient (Wildman–Crippen LogP) is 7.32. The highest BCUT2D eigenvalue weighted by molar-refractivity contribution is 5.98. The number of alkyl halides is 3. The molecule has 1 aliphatic rings. The van der Waals surface area contributed by atoms with Gasteiger partial charge < -0.3 is 4.74 Å². The Kier molecular flexibility index (Phi) is 4.91. The van der Waals surface area contributed by atoms with Crippen LogP contribution in [0.2, 0.25) is 0 Å². The van der Waals surface area contributed by atoms with E-state index in [2.05, 4.69) is 27.7 Å². The number of hydrogen-bond donors (Lipinski definition) is 0. The summed E-state index contributed by atoms with van der Waals surface area (Å²) in [5.74, 6) is -2.26. The van der Waals surface area contributed by atoms with Crippen molar-refractivity contribution in [1.82, 2.24) is 0 Å². The zero-order chi connectivity index (χ0) is 22.6. The molecular weight excluding hydrogens is 401 g/mol. The second-order valence-electron chi connectivity index (χ2n) is 9.58. The number of esters is 1. The van der Waals surface area contributed by atoms with Gasteiger partial charge in [-0.3, -0.25) is 0 Å². The molecule has 3 aromatic rings. The molecule has 31 heavy (non-hydrogen) atoms. The van der Waals surface area contributed by atoms with Gasteiger partial charge in [-0.15, -0.1) is 0 Å². The lowest BCUT2D eigenvalue weighted by molar-refractivity contribution is -0.189. The first-order valence-corrected chi connectivity index (χ1v) is 10.4. The molecule has 3 aromatic carbocycles. The van der Waals surface area contributed by atoms with Crippen molar-refractivity contribution >= 4 is 16.7 Å². The van der Waals surface area contributed by atoms with E-state index in [1.165, 1.54) is 0 Å². The summed E-state index contributed by atoms with van der Waals surface area (Å²) in [6.07, 6.45) is -3.21. The maximum atomic E-state index is 13.1. The predicted molar refractivity (Wildman–Crippen MR) is 116 cm³/mol. The van der Waals surface area contributed by atoms with E-state index in [4.69, 9.17) is 4.74 Å². The van der Waals surface area contributed by atoms with Gasteiger partial charge >= 0.3 is 12.1 Å². The van der Waals surface area contributed by atoms with Crippen molar-refractivity contribution < 1.29 is 22.7 Å². The van der Waals surface area contributed by atoms with Crippen molar-refractivity contribution in [3.63, 3.8) is 0 Å². The first kappa shape index (κ1) is 21.4. The quantitative estimate of drug-likeness (QED) is 0.317. The smallest absolute Gasteiger partial charge is 0.419 e. The third-order valence-corrected chi connectivity index (χ3v) is 6.47. The number of fused-ring (bicyclic) bond motifs is 2. The van der Waals surface area contributed by atoms with Crippen LogP contribution in [0.5, 0.6) is 5.75 Å². The molecule has 162 valence electrons. The van der Waals surface area contributed by atoms with Crippen molar-refractivity contribution in [3.05, 3.63) is 65.7 Å². The summed E-state index contributed by atoms with van der Waals surface area (Å²) in [5, 5.41) is 1.85. The molecule has 4 rings (SSSR count). The molecule has 0 saturated carbocycles. The molecule has 0 amide bonds. The number of carbonyl (C=O) groups excluding carboxylic acids is 1. The molecule has 0 fully saturated rings. The molecule has 0 unspecified atom stereocenters. The van der Waals surface area contributed by atoms with Crippen LogP contribution in [0.25, 0.3) is 21.9 Å². The summed E-state index contributed by atoms with van der Waals surface area (Å²) in [6.45, 7) is 8.45. The lowest BCUT2D eigenvalue weighted by Gasteiger charge is -2.42. The van der Waals surface area contributed by atoms with Gasteiger partial charge in [0.05, 0.1) is 0 Å². The largest absolute Gasteiger partial charge is 0.491 e. The van der Waals surface area contributed by atoms with Crippen LogP contribution in [0.3, 0.4) is 0 Å². The summed E-state index contributed by atoms with van der Waals surface area (Å²) < 4.78 is 44.2. The summed E-state index contributed by atoms with van der Waals surface area (Å²) in [7, 11) is 0. The normalized spacial score (nSPS) is 17.3. The molecule has 0 bridgehead atoms. The van der Waals surface area contributed by atoms with Crippen LogP contribution >= 0.6 is 0 Å². The molecule has 1 aliphatic carbocycles. The van der Waals surface area contributed by atoms with E-state index in [0.29, 0.717) is 5.56 Å². The Morgan fingerprint density at radius 2 is 1.42 bits per heavy atom. The van der Waals surface area contributed by atoms with Gasteiger partial charge in [0, 0.05) is 5.56 Å². The van der Waals surface area contributed by atoms with Crippen molar-refractivity contribution in [2.75, 3.05) is 0 Å². The second kappa shape index (κ2) is 7.11. The Balaban J connectivity index is 2.02. The summed E-state index contributed by atoms with van der Waals surface area (Å²) in [5.41, 5.74) is 2.87. The second-order valence-corrected chi connectivity index (χ2v) is 9.58. The Labute approximate surface area is 180 Å². The average molecular weight is 426 g/mol. The minimum atomic E-state index is -5.07. The monoisotopic (exact) mass is 426 g/mol. The molecule has 0 saturated heterocycles. The molecule has 0 aliphatic heterocycles. The number of halogens is 3. The van der Waals surface area contributed by atoms with E-state index in [1.807, 2.05) is 48.5 Å². The van der Waals surface area contributed by atoms with E-state index in [1.54, 1.807) is 6.07 Å². The first-order valence-electron chi connectivity index (χ1n) is 10.4. The standard InChI is InChI=1S/C26H25F3O2/c1-24(2)12-13-25(3,4)21-15-22(31-23(30)26(27,28)29)19(14-20(21)24)18-11-7-9-16-8-5-6-10-17(16)18/h5-11,14-15H,12-13H2,1-4H3. The molecule has 0 N–H and O–H groups in total. The molecule has 0 spiro atoms. The molecule has 0 heterocycles.